The van der Waals surface area contributed by atoms with Crippen molar-refractivity contribution in [3.05, 3.63) is 18.1 Å². The first-order valence-corrected chi connectivity index (χ1v) is 6.63. The second-order valence-electron chi connectivity index (χ2n) is 3.15. The molecule has 0 saturated heterocycles. The van der Waals surface area contributed by atoms with Gasteiger partial charge < -0.3 is 4.74 Å². The maximum atomic E-state index is 11.5. The summed E-state index contributed by atoms with van der Waals surface area (Å²) >= 11 is 0. The number of methoxy groups -OCH3 is 1. The average Bonchev–Trinajstić information content (AvgIpc) is 2.28. The van der Waals surface area contributed by atoms with Crippen LogP contribution in [-0.4, -0.2) is 44.3 Å². The Labute approximate surface area is 99.5 Å². The second-order valence-corrected chi connectivity index (χ2v) is 5.05. The number of aromatic nitrogens is 2. The van der Waals surface area contributed by atoms with Crippen molar-refractivity contribution in [2.75, 3.05) is 24.2 Å². The summed E-state index contributed by atoms with van der Waals surface area (Å²) in [5.41, 5.74) is -0.123. The highest BCUT2D eigenvalue weighted by Gasteiger charge is 2.24. The van der Waals surface area contributed by atoms with Gasteiger partial charge in [0.05, 0.1) is 13.4 Å². The van der Waals surface area contributed by atoms with E-state index in [1.165, 1.54) is 19.5 Å². The molecule has 0 unspecified atom stereocenters. The summed E-state index contributed by atoms with van der Waals surface area (Å²) in [7, 11) is -2.32. The maximum Gasteiger partial charge on any atom is 0.360 e. The molecule has 17 heavy (non-hydrogen) atoms. The van der Waals surface area contributed by atoms with Gasteiger partial charge in [0.2, 0.25) is 10.0 Å². The lowest BCUT2D eigenvalue weighted by Gasteiger charge is -2.20. The van der Waals surface area contributed by atoms with E-state index < -0.39 is 16.0 Å². The van der Waals surface area contributed by atoms with Crippen LogP contribution in [0.3, 0.4) is 0 Å². The molecule has 0 amide bonds. The van der Waals surface area contributed by atoms with Gasteiger partial charge >= 0.3 is 5.97 Å². The van der Waals surface area contributed by atoms with Crippen molar-refractivity contribution in [1.82, 2.24) is 9.97 Å². The smallest absolute Gasteiger partial charge is 0.360 e. The normalized spacial score (nSPS) is 11.0. The van der Waals surface area contributed by atoms with Gasteiger partial charge in [-0.05, 0) is 6.92 Å². The molecule has 1 aromatic heterocycles. The van der Waals surface area contributed by atoms with Gasteiger partial charge in [0.25, 0.3) is 0 Å². The Morgan fingerprint density at radius 1 is 1.41 bits per heavy atom. The third-order valence-electron chi connectivity index (χ3n) is 1.98. The molecule has 7 nitrogen and oxygen atoms in total. The fourth-order valence-electron chi connectivity index (χ4n) is 1.30. The number of rotatable bonds is 4. The minimum absolute atomic E-state index is 0.0237. The zero-order valence-corrected chi connectivity index (χ0v) is 10.6. The minimum Gasteiger partial charge on any atom is -0.464 e. The number of carbonyl (C=O) groups excluding carboxylic acids is 1. The van der Waals surface area contributed by atoms with E-state index >= 15 is 0 Å². The number of ether oxygens (including phenoxy) is 1. The van der Waals surface area contributed by atoms with E-state index in [-0.39, 0.29) is 18.1 Å². The number of nitrogens with zero attached hydrogens (tertiary/aromatic N) is 3. The molecule has 0 bridgehead atoms. The first-order valence-electron chi connectivity index (χ1n) is 4.78. The molecule has 0 radical (unpaired) electrons. The molecule has 94 valence electrons. The Hall–Kier alpha value is -1.70. The molecule has 1 aromatic rings. The first-order chi connectivity index (χ1) is 7.91. The van der Waals surface area contributed by atoms with E-state index in [1.807, 2.05) is 0 Å². The molecule has 0 aliphatic carbocycles. The van der Waals surface area contributed by atoms with E-state index in [2.05, 4.69) is 14.7 Å². The molecule has 0 N–H and O–H groups in total. The Morgan fingerprint density at radius 2 is 2.00 bits per heavy atom. The first kappa shape index (κ1) is 13.4. The van der Waals surface area contributed by atoms with Gasteiger partial charge in [-0.15, -0.1) is 0 Å². The quantitative estimate of drug-likeness (QED) is 0.710. The van der Waals surface area contributed by atoms with E-state index in [1.54, 1.807) is 6.92 Å². The van der Waals surface area contributed by atoms with Crippen molar-refractivity contribution in [3.8, 4) is 0 Å². The van der Waals surface area contributed by atoms with E-state index in [4.69, 9.17) is 0 Å². The topological polar surface area (TPSA) is 89.5 Å². The number of hydrogen-bond acceptors (Lipinski definition) is 6. The standard InChI is InChI=1S/C9H13N3O4S/c1-4-12(17(3,14)15)8-7(9(13)16-2)10-5-6-11-8/h5-6H,4H2,1-3H3. The maximum absolute atomic E-state index is 11.5. The average molecular weight is 259 g/mol. The molecule has 0 aliphatic rings. The molecular weight excluding hydrogens is 246 g/mol. The fourth-order valence-corrected chi connectivity index (χ4v) is 2.21. The highest BCUT2D eigenvalue weighted by atomic mass is 32.2. The molecule has 1 heterocycles. The summed E-state index contributed by atoms with van der Waals surface area (Å²) < 4.78 is 28.6. The van der Waals surface area contributed by atoms with Crippen molar-refractivity contribution < 1.29 is 17.9 Å². The Bertz CT molecular complexity index is 515. The lowest BCUT2D eigenvalue weighted by Crippen LogP contribution is -2.32. The third kappa shape index (κ3) is 2.90. The highest BCUT2D eigenvalue weighted by Crippen LogP contribution is 2.18. The Morgan fingerprint density at radius 3 is 2.47 bits per heavy atom. The number of esters is 1. The van der Waals surface area contributed by atoms with Gasteiger partial charge in [-0.3, -0.25) is 4.31 Å². The van der Waals surface area contributed by atoms with Gasteiger partial charge in [0.1, 0.15) is 0 Å². The van der Waals surface area contributed by atoms with Crippen LogP contribution in [0.25, 0.3) is 0 Å². The largest absolute Gasteiger partial charge is 0.464 e. The SMILES string of the molecule is CCN(c1nccnc1C(=O)OC)S(C)(=O)=O. The summed E-state index contributed by atoms with van der Waals surface area (Å²) in [6.45, 7) is 1.79. The summed E-state index contributed by atoms with van der Waals surface area (Å²) in [5.74, 6) is -0.750. The monoisotopic (exact) mass is 259 g/mol. The van der Waals surface area contributed by atoms with Crippen LogP contribution in [0.2, 0.25) is 0 Å². The number of hydrogen-bond donors (Lipinski definition) is 0. The molecule has 0 aromatic carbocycles. The van der Waals surface area contributed by atoms with Crippen LogP contribution in [0.4, 0.5) is 5.82 Å². The van der Waals surface area contributed by atoms with Gasteiger partial charge in [-0.25, -0.2) is 23.2 Å². The molecule has 8 heteroatoms. The van der Waals surface area contributed by atoms with Crippen molar-refractivity contribution in [2.24, 2.45) is 0 Å². The third-order valence-corrected chi connectivity index (χ3v) is 3.21. The van der Waals surface area contributed by atoms with Crippen LogP contribution < -0.4 is 4.31 Å². The number of sulfonamides is 1. The van der Waals surface area contributed by atoms with E-state index in [0.717, 1.165) is 10.6 Å². The highest BCUT2D eigenvalue weighted by molar-refractivity contribution is 7.92. The van der Waals surface area contributed by atoms with E-state index in [0.29, 0.717) is 0 Å². The van der Waals surface area contributed by atoms with Crippen molar-refractivity contribution in [3.63, 3.8) is 0 Å². The number of anilines is 1. The summed E-state index contributed by atoms with van der Waals surface area (Å²) in [4.78, 5) is 19.1. The molecule has 0 fully saturated rings. The van der Waals surface area contributed by atoms with Crippen LogP contribution in [0.5, 0.6) is 0 Å². The fraction of sp³-hybridized carbons (Fsp3) is 0.444. The zero-order chi connectivity index (χ0) is 13.1. The zero-order valence-electron chi connectivity index (χ0n) is 9.74. The Balaban J connectivity index is 3.35. The van der Waals surface area contributed by atoms with Crippen LogP contribution >= 0.6 is 0 Å². The summed E-state index contributed by atoms with van der Waals surface area (Å²) in [6, 6.07) is 0. The molecule has 0 saturated carbocycles. The van der Waals surface area contributed by atoms with Crippen molar-refractivity contribution in [2.45, 2.75) is 6.92 Å². The van der Waals surface area contributed by atoms with E-state index in [9.17, 15) is 13.2 Å². The van der Waals surface area contributed by atoms with Gasteiger partial charge in [0, 0.05) is 18.9 Å². The summed E-state index contributed by atoms with van der Waals surface area (Å²) in [6.07, 6.45) is 3.65. The second kappa shape index (κ2) is 5.09. The van der Waals surface area contributed by atoms with Crippen molar-refractivity contribution >= 4 is 21.8 Å². The van der Waals surface area contributed by atoms with Gasteiger partial charge in [-0.2, -0.15) is 0 Å². The molecule has 0 spiro atoms. The predicted octanol–water partition coefficient (Wildman–Crippen LogP) is 0.0491. The van der Waals surface area contributed by atoms with Gasteiger partial charge in [-0.1, -0.05) is 0 Å². The molecular formula is C9H13N3O4S. The van der Waals surface area contributed by atoms with Crippen LogP contribution in [0, 0.1) is 0 Å². The van der Waals surface area contributed by atoms with Crippen LogP contribution in [-0.2, 0) is 14.8 Å². The Kier molecular flexibility index (Phi) is 4.00. The minimum atomic E-state index is -3.51. The summed E-state index contributed by atoms with van der Waals surface area (Å²) in [5, 5.41) is 0. The lowest BCUT2D eigenvalue weighted by molar-refractivity contribution is 0.0594. The van der Waals surface area contributed by atoms with Gasteiger partial charge in [0.15, 0.2) is 11.5 Å². The van der Waals surface area contributed by atoms with Crippen LogP contribution in [0.1, 0.15) is 17.4 Å². The molecule has 0 atom stereocenters. The lowest BCUT2D eigenvalue weighted by atomic mass is 10.4. The predicted molar refractivity (Wildman–Crippen MR) is 61.2 cm³/mol. The number of carbonyl (C=O) groups is 1. The molecule has 0 aliphatic heterocycles. The van der Waals surface area contributed by atoms with Crippen molar-refractivity contribution in [1.29, 1.82) is 0 Å². The molecule has 1 rings (SSSR count). The van der Waals surface area contributed by atoms with Crippen LogP contribution in [0.15, 0.2) is 12.4 Å².